The van der Waals surface area contributed by atoms with Crippen LogP contribution in [0.15, 0.2) is 12.7 Å². The van der Waals surface area contributed by atoms with Crippen molar-refractivity contribution in [2.75, 3.05) is 25.0 Å². The Kier molecular flexibility index (Phi) is 13.6. The average Bonchev–Trinajstić information content (AvgIpc) is 3.69. The number of carbonyl (C=O) groups excluding carboxylic acids is 4. The Morgan fingerprint density at radius 2 is 1.37 bits per heavy atom. The molecule has 2 unspecified atom stereocenters. The van der Waals surface area contributed by atoms with Crippen LogP contribution in [-0.2, 0) is 38.0 Å². The van der Waals surface area contributed by atoms with E-state index in [1.807, 2.05) is 4.90 Å². The molecular weight excluding hydrogens is 750 g/mol. The Morgan fingerprint density at radius 3 is 1.91 bits per heavy atom. The average molecular weight is 808 g/mol. The molecule has 0 bridgehead atoms. The van der Waals surface area contributed by atoms with Gasteiger partial charge in [0.2, 0.25) is 5.91 Å². The highest BCUT2D eigenvalue weighted by Gasteiger charge is 2.56. The zero-order valence-corrected chi connectivity index (χ0v) is 34.4. The fourth-order valence-electron chi connectivity index (χ4n) is 6.17. The van der Waals surface area contributed by atoms with Gasteiger partial charge in [-0.05, 0) is 89.0 Å². The van der Waals surface area contributed by atoms with E-state index in [1.165, 1.54) is 12.7 Å². The lowest BCUT2D eigenvalue weighted by atomic mass is 10.1. The summed E-state index contributed by atoms with van der Waals surface area (Å²) in [6, 6.07) is -2.49. The third kappa shape index (κ3) is 13.1. The van der Waals surface area contributed by atoms with Gasteiger partial charge in [-0.15, -0.1) is 0 Å². The Balaban J connectivity index is 1.60. The summed E-state index contributed by atoms with van der Waals surface area (Å²) in [4.78, 5) is 77.3. The topological polar surface area (TPSA) is 270 Å². The molecule has 2 fully saturated rings. The summed E-state index contributed by atoms with van der Waals surface area (Å²) in [6.07, 6.45) is -2.70. The van der Waals surface area contributed by atoms with Gasteiger partial charge in [-0.3, -0.25) is 14.7 Å². The standard InChI is InChI=1S/C36H57N9O12/c1-33(2,3)55-30(49)41-19(25(37)46)12-14-44(15-13-20(29(47)48)42-31(50)56-34(4,5)6)16-21-23-24(54-36(10,11)53-23)28(52-21)45-18-40-22-26(38-17-39-27(22)45)43-32(51)57-35(7,8)9/h17-21,23-24,28H,12-16H2,1-11H3,(H2,37,46)(H,41,49)(H,42,50)(H,47,48)(H,38,39,43,51)/t19?,20?,21-,23-,24-,28-/m1/s1. The van der Waals surface area contributed by atoms with E-state index in [4.69, 9.17) is 34.2 Å². The van der Waals surface area contributed by atoms with E-state index in [-0.39, 0.29) is 43.8 Å². The second-order valence-corrected chi connectivity index (χ2v) is 17.3. The summed E-state index contributed by atoms with van der Waals surface area (Å²) in [5, 5.41) is 17.5. The van der Waals surface area contributed by atoms with Gasteiger partial charge in [0.15, 0.2) is 29.0 Å². The minimum Gasteiger partial charge on any atom is -0.480 e. The smallest absolute Gasteiger partial charge is 0.413 e. The monoisotopic (exact) mass is 807 g/mol. The molecule has 0 spiro atoms. The van der Waals surface area contributed by atoms with E-state index < -0.39 is 89.4 Å². The number of carbonyl (C=O) groups is 5. The zero-order valence-electron chi connectivity index (χ0n) is 34.4. The van der Waals surface area contributed by atoms with Crippen molar-refractivity contribution in [1.29, 1.82) is 0 Å². The number of nitrogens with zero attached hydrogens (tertiary/aromatic N) is 5. The Labute approximate surface area is 331 Å². The number of primary amides is 1. The molecule has 4 amide bonds. The quantitative estimate of drug-likeness (QED) is 0.172. The summed E-state index contributed by atoms with van der Waals surface area (Å²) in [6.45, 7) is 19.0. The van der Waals surface area contributed by atoms with Crippen molar-refractivity contribution in [2.24, 2.45) is 5.73 Å². The molecule has 57 heavy (non-hydrogen) atoms. The van der Waals surface area contributed by atoms with Gasteiger partial charge in [0, 0.05) is 19.6 Å². The molecule has 2 aromatic heterocycles. The molecule has 318 valence electrons. The highest BCUT2D eigenvalue weighted by atomic mass is 16.8. The first-order valence-corrected chi connectivity index (χ1v) is 18.6. The van der Waals surface area contributed by atoms with Crippen LogP contribution in [0.5, 0.6) is 0 Å². The van der Waals surface area contributed by atoms with E-state index in [2.05, 4.69) is 30.9 Å². The molecule has 0 saturated carbocycles. The predicted molar refractivity (Wildman–Crippen MR) is 202 cm³/mol. The normalized spacial score (nSPS) is 21.7. The summed E-state index contributed by atoms with van der Waals surface area (Å²) >= 11 is 0. The molecule has 2 aliphatic heterocycles. The third-order valence-corrected chi connectivity index (χ3v) is 8.31. The van der Waals surface area contributed by atoms with Crippen LogP contribution in [0, 0.1) is 0 Å². The fourth-order valence-corrected chi connectivity index (χ4v) is 6.17. The van der Waals surface area contributed by atoms with Crippen molar-refractivity contribution >= 4 is 47.1 Å². The predicted octanol–water partition coefficient (Wildman–Crippen LogP) is 3.03. The number of aromatic nitrogens is 4. The first-order chi connectivity index (χ1) is 26.2. The maximum atomic E-state index is 12.6. The maximum Gasteiger partial charge on any atom is 0.413 e. The van der Waals surface area contributed by atoms with Gasteiger partial charge in [0.05, 0.1) is 6.33 Å². The molecule has 0 radical (unpaired) electrons. The van der Waals surface area contributed by atoms with Gasteiger partial charge in [-0.2, -0.15) is 0 Å². The van der Waals surface area contributed by atoms with Crippen LogP contribution in [0.1, 0.15) is 95.2 Å². The first kappa shape index (κ1) is 44.8. The lowest BCUT2D eigenvalue weighted by molar-refractivity contribution is -0.198. The Hall–Kier alpha value is -4.86. The molecule has 4 heterocycles. The molecule has 0 aliphatic carbocycles. The summed E-state index contributed by atoms with van der Waals surface area (Å²) < 4.78 is 36.9. The van der Waals surface area contributed by atoms with Crippen molar-refractivity contribution in [1.82, 2.24) is 35.1 Å². The summed E-state index contributed by atoms with van der Waals surface area (Å²) in [7, 11) is 0. The van der Waals surface area contributed by atoms with Gasteiger partial charge < -0.3 is 54.8 Å². The SMILES string of the molecule is CC(C)(C)OC(=O)Nc1ncnc2c1ncn2[C@@H]1O[C@H](CN(CCC(NC(=O)OC(C)(C)C)C(N)=O)CCC(NC(=O)OC(C)(C)C)C(=O)O)[C@H]2OC(C)(C)O[C@H]21. The molecule has 6 atom stereocenters. The van der Waals surface area contributed by atoms with Crippen LogP contribution in [0.25, 0.3) is 11.2 Å². The fraction of sp³-hybridized carbons (Fsp3) is 0.722. The number of carboxylic acid groups (broad SMARTS) is 1. The summed E-state index contributed by atoms with van der Waals surface area (Å²) in [5.74, 6) is -3.01. The van der Waals surface area contributed by atoms with Crippen LogP contribution in [0.3, 0.4) is 0 Å². The largest absolute Gasteiger partial charge is 0.480 e. The number of anilines is 1. The molecule has 4 rings (SSSR count). The number of amides is 4. The number of carboxylic acids is 1. The van der Waals surface area contributed by atoms with Crippen LogP contribution >= 0.6 is 0 Å². The van der Waals surface area contributed by atoms with Gasteiger partial charge >= 0.3 is 24.2 Å². The van der Waals surface area contributed by atoms with E-state index >= 15 is 0 Å². The molecule has 6 N–H and O–H groups in total. The van der Waals surface area contributed by atoms with E-state index in [0.29, 0.717) is 5.65 Å². The second kappa shape index (κ2) is 17.3. The number of rotatable bonds is 14. The molecule has 2 aromatic rings. The molecule has 2 saturated heterocycles. The van der Waals surface area contributed by atoms with Gasteiger partial charge in [-0.25, -0.2) is 34.1 Å². The van der Waals surface area contributed by atoms with Gasteiger partial charge in [0.1, 0.15) is 53.5 Å². The Morgan fingerprint density at radius 1 is 0.842 bits per heavy atom. The highest BCUT2D eigenvalue weighted by Crippen LogP contribution is 2.44. The highest BCUT2D eigenvalue weighted by molar-refractivity contribution is 5.93. The van der Waals surface area contributed by atoms with Crippen LogP contribution in [0.4, 0.5) is 20.2 Å². The lowest BCUT2D eigenvalue weighted by Crippen LogP contribution is -2.49. The van der Waals surface area contributed by atoms with Crippen molar-refractivity contribution in [2.45, 2.75) is 148 Å². The molecular formula is C36H57N9O12. The lowest BCUT2D eigenvalue weighted by Gasteiger charge is -2.31. The van der Waals surface area contributed by atoms with E-state index in [0.717, 1.165) is 0 Å². The number of nitrogens with two attached hydrogens (primary N) is 1. The minimum atomic E-state index is -1.34. The van der Waals surface area contributed by atoms with Crippen molar-refractivity contribution in [3.05, 3.63) is 12.7 Å². The minimum absolute atomic E-state index is 0.00933. The number of ether oxygens (including phenoxy) is 6. The zero-order chi connectivity index (χ0) is 42.7. The maximum absolute atomic E-state index is 12.6. The van der Waals surface area contributed by atoms with Crippen LogP contribution < -0.4 is 21.7 Å². The molecule has 21 nitrogen and oxygen atoms in total. The number of imidazole rings is 1. The third-order valence-electron chi connectivity index (χ3n) is 8.31. The number of fused-ring (bicyclic) bond motifs is 2. The van der Waals surface area contributed by atoms with Gasteiger partial charge in [-0.1, -0.05) is 0 Å². The van der Waals surface area contributed by atoms with Gasteiger partial charge in [0.25, 0.3) is 0 Å². The van der Waals surface area contributed by atoms with Crippen molar-refractivity contribution in [3.63, 3.8) is 0 Å². The Bertz CT molecular complexity index is 1730. The van der Waals surface area contributed by atoms with Crippen molar-refractivity contribution < 1.29 is 57.5 Å². The molecule has 0 aromatic carbocycles. The number of hydrogen-bond acceptors (Lipinski definition) is 15. The number of aliphatic carboxylic acids is 1. The van der Waals surface area contributed by atoms with Crippen molar-refractivity contribution in [3.8, 4) is 0 Å². The number of hydrogen-bond donors (Lipinski definition) is 5. The van der Waals surface area contributed by atoms with Crippen LogP contribution in [-0.4, -0.2) is 132 Å². The van der Waals surface area contributed by atoms with E-state index in [1.54, 1.807) is 80.7 Å². The number of nitrogens with one attached hydrogen (secondary N) is 3. The van der Waals surface area contributed by atoms with Crippen LogP contribution in [0.2, 0.25) is 0 Å². The molecule has 21 heteroatoms. The van der Waals surface area contributed by atoms with E-state index in [9.17, 15) is 29.1 Å². The first-order valence-electron chi connectivity index (χ1n) is 18.6. The second-order valence-electron chi connectivity index (χ2n) is 17.3. The number of alkyl carbamates (subject to hydrolysis) is 2. The molecule has 2 aliphatic rings. The summed E-state index contributed by atoms with van der Waals surface area (Å²) in [5.41, 5.74) is 3.80.